The zero-order valence-electron chi connectivity index (χ0n) is 14.1. The minimum Gasteiger partial charge on any atom is -0.480 e. The molecule has 26 heavy (non-hydrogen) atoms. The van der Waals surface area contributed by atoms with Gasteiger partial charge in [-0.1, -0.05) is 59.9 Å². The van der Waals surface area contributed by atoms with Gasteiger partial charge in [-0.15, -0.1) is 0 Å². The number of hydrogen-bond donors (Lipinski definition) is 2. The lowest BCUT2D eigenvalue weighted by Crippen LogP contribution is -2.32. The Kier molecular flexibility index (Phi) is 8.44. The van der Waals surface area contributed by atoms with Gasteiger partial charge in [-0.05, 0) is 18.2 Å². The number of aromatic nitrogens is 1. The number of aliphatic imine (C=N–C) groups is 1. The third kappa shape index (κ3) is 6.99. The second kappa shape index (κ2) is 10.6. The van der Waals surface area contributed by atoms with E-state index in [1.807, 2.05) is 12.1 Å². The first kappa shape index (κ1) is 20.8. The van der Waals surface area contributed by atoms with E-state index in [9.17, 15) is 4.79 Å². The van der Waals surface area contributed by atoms with Crippen LogP contribution in [0.5, 0.6) is 0 Å². The molecule has 0 spiro atoms. The van der Waals surface area contributed by atoms with E-state index in [-0.39, 0.29) is 6.42 Å². The minimum absolute atomic E-state index is 0.218. The van der Waals surface area contributed by atoms with Gasteiger partial charge in [0.15, 0.2) is 0 Å². The Morgan fingerprint density at radius 1 is 1.50 bits per heavy atom. The van der Waals surface area contributed by atoms with Crippen LogP contribution in [0.2, 0.25) is 0 Å². The van der Waals surface area contributed by atoms with Crippen molar-refractivity contribution in [2.24, 2.45) is 10.7 Å². The summed E-state index contributed by atoms with van der Waals surface area (Å²) in [6.07, 6.45) is 6.43. The number of halogens is 1. The highest BCUT2D eigenvalue weighted by Crippen LogP contribution is 2.33. The van der Waals surface area contributed by atoms with E-state index >= 15 is 0 Å². The number of aliphatic carboxylic acids is 1. The maximum atomic E-state index is 10.9. The molecule has 1 aliphatic rings. The monoisotopic (exact) mass is 409 g/mol. The Bertz CT molecular complexity index is 763. The van der Waals surface area contributed by atoms with Crippen molar-refractivity contribution >= 4 is 45.5 Å². The molecule has 0 saturated heterocycles. The summed E-state index contributed by atoms with van der Waals surface area (Å²) in [6.45, 7) is 4.29. The van der Waals surface area contributed by atoms with Crippen molar-refractivity contribution in [2.75, 3.05) is 6.54 Å². The predicted octanol–water partition coefficient (Wildman–Crippen LogP) is 3.95. The van der Waals surface area contributed by atoms with Crippen molar-refractivity contribution in [3.63, 3.8) is 0 Å². The topological polar surface area (TPSA) is 88.6 Å². The molecular weight excluding hydrogens is 390 g/mol. The molecule has 1 aliphatic heterocycles. The zero-order valence-corrected chi connectivity index (χ0v) is 16.5. The number of allylic oxidation sites excluding steroid dienone is 4. The first-order valence-electron chi connectivity index (χ1n) is 7.92. The molecule has 5 nitrogen and oxygen atoms in total. The number of carboxylic acid groups (broad SMARTS) is 1. The van der Waals surface area contributed by atoms with E-state index in [2.05, 4.69) is 22.6 Å². The Balaban J connectivity index is 1.84. The van der Waals surface area contributed by atoms with Gasteiger partial charge < -0.3 is 10.8 Å². The van der Waals surface area contributed by atoms with Crippen LogP contribution in [0.4, 0.5) is 0 Å². The molecule has 0 bridgehead atoms. The summed E-state index contributed by atoms with van der Waals surface area (Å²) in [5, 5.41) is 9.64. The maximum absolute atomic E-state index is 10.9. The Morgan fingerprint density at radius 3 is 3.00 bits per heavy atom. The lowest BCUT2D eigenvalue weighted by molar-refractivity contribution is -0.138. The van der Waals surface area contributed by atoms with Crippen LogP contribution in [0.3, 0.4) is 0 Å². The van der Waals surface area contributed by atoms with E-state index in [1.165, 1.54) is 4.91 Å². The average Bonchev–Trinajstić information content (AvgIpc) is 3.07. The Hall–Kier alpha value is -1.54. The Labute approximate surface area is 166 Å². The molecule has 1 aromatic rings. The van der Waals surface area contributed by atoms with Gasteiger partial charge >= 0.3 is 5.97 Å². The number of nitrogens with two attached hydrogens (primary N) is 1. The number of rotatable bonds is 8. The zero-order chi connectivity index (χ0) is 18.9. The number of carboxylic acids is 1. The fourth-order valence-corrected chi connectivity index (χ4v) is 4.22. The van der Waals surface area contributed by atoms with Crippen molar-refractivity contribution in [3.8, 4) is 0 Å². The third-order valence-electron chi connectivity index (χ3n) is 3.36. The lowest BCUT2D eigenvalue weighted by atomic mass is 10.1. The molecule has 1 atom stereocenters. The van der Waals surface area contributed by atoms with E-state index in [1.54, 1.807) is 41.7 Å². The summed E-state index contributed by atoms with van der Waals surface area (Å²) in [5.74, 6) is -0.350. The number of hydrogen-bond acceptors (Lipinski definition) is 6. The SMILES string of the molecule is C=C/C=C(/Cl)C/C=C1\CN=C(SCc2cccc(CC(N)C(=O)O)n2)S1. The number of pyridine rings is 1. The molecular formula is C18H20ClN3O2S2. The summed E-state index contributed by atoms with van der Waals surface area (Å²) < 4.78 is 0.995. The quantitative estimate of drug-likeness (QED) is 0.632. The summed E-state index contributed by atoms with van der Waals surface area (Å²) in [7, 11) is 0. The van der Waals surface area contributed by atoms with Crippen LogP contribution in [-0.2, 0) is 17.0 Å². The van der Waals surface area contributed by atoms with Gasteiger partial charge in [0.2, 0.25) is 0 Å². The highest BCUT2D eigenvalue weighted by atomic mass is 35.5. The van der Waals surface area contributed by atoms with Crippen LogP contribution in [0.15, 0.2) is 57.9 Å². The largest absolute Gasteiger partial charge is 0.480 e. The summed E-state index contributed by atoms with van der Waals surface area (Å²) >= 11 is 9.31. The van der Waals surface area contributed by atoms with E-state index in [4.69, 9.17) is 22.4 Å². The van der Waals surface area contributed by atoms with Gasteiger partial charge in [0.25, 0.3) is 0 Å². The summed E-state index contributed by atoms with van der Waals surface area (Å²) in [4.78, 5) is 21.0. The Morgan fingerprint density at radius 2 is 2.27 bits per heavy atom. The molecule has 0 aliphatic carbocycles. The highest BCUT2D eigenvalue weighted by molar-refractivity contribution is 8.40. The second-order valence-electron chi connectivity index (χ2n) is 5.47. The van der Waals surface area contributed by atoms with Crippen molar-refractivity contribution < 1.29 is 9.90 Å². The van der Waals surface area contributed by atoms with Gasteiger partial charge in [0.1, 0.15) is 10.4 Å². The predicted molar refractivity (Wildman–Crippen MR) is 112 cm³/mol. The van der Waals surface area contributed by atoms with E-state index in [0.29, 0.717) is 24.4 Å². The van der Waals surface area contributed by atoms with Crippen molar-refractivity contribution in [3.05, 3.63) is 64.3 Å². The first-order valence-corrected chi connectivity index (χ1v) is 10.1. The van der Waals surface area contributed by atoms with Gasteiger partial charge in [-0.3, -0.25) is 14.8 Å². The molecule has 8 heteroatoms. The third-order valence-corrected chi connectivity index (χ3v) is 5.92. The normalized spacial score (nSPS) is 17.2. The number of carbonyl (C=O) groups is 1. The van der Waals surface area contributed by atoms with Crippen molar-refractivity contribution in [2.45, 2.75) is 24.6 Å². The molecule has 2 heterocycles. The summed E-state index contributed by atoms with van der Waals surface area (Å²) in [5.41, 5.74) is 7.12. The van der Waals surface area contributed by atoms with Gasteiger partial charge in [-0.25, -0.2) is 0 Å². The van der Waals surface area contributed by atoms with Crippen LogP contribution in [0.25, 0.3) is 0 Å². The molecule has 0 fully saturated rings. The summed E-state index contributed by atoms with van der Waals surface area (Å²) in [6, 6.07) is 4.64. The van der Waals surface area contributed by atoms with Crippen molar-refractivity contribution in [1.82, 2.24) is 4.98 Å². The second-order valence-corrected chi connectivity index (χ2v) is 8.29. The van der Waals surface area contributed by atoms with E-state index < -0.39 is 12.0 Å². The number of nitrogens with zero attached hydrogens (tertiary/aromatic N) is 2. The molecule has 0 amide bonds. The molecule has 138 valence electrons. The fraction of sp³-hybridized carbons (Fsp3) is 0.278. The molecule has 2 rings (SSSR count). The highest BCUT2D eigenvalue weighted by Gasteiger charge is 2.15. The number of thioether (sulfide) groups is 2. The fourth-order valence-electron chi connectivity index (χ4n) is 2.08. The molecule has 1 unspecified atom stereocenters. The maximum Gasteiger partial charge on any atom is 0.320 e. The van der Waals surface area contributed by atoms with Gasteiger partial charge in [0.05, 0.1) is 12.2 Å². The minimum atomic E-state index is -1.02. The smallest absolute Gasteiger partial charge is 0.320 e. The van der Waals surface area contributed by atoms with Crippen LogP contribution in [0.1, 0.15) is 17.8 Å². The standard InChI is InChI=1S/C18H20ClN3O2S2/c1-2-4-12(19)7-8-15-10-21-18(26-15)25-11-14-6-3-5-13(22-14)9-16(20)17(23)24/h2-6,8,16H,1,7,9-11,20H2,(H,23,24)/b12-4+,15-8+. The first-order chi connectivity index (χ1) is 12.5. The van der Waals surface area contributed by atoms with Gasteiger partial charge in [0, 0.05) is 34.2 Å². The van der Waals surface area contributed by atoms with Crippen molar-refractivity contribution in [1.29, 1.82) is 0 Å². The molecule has 0 aromatic carbocycles. The lowest BCUT2D eigenvalue weighted by Gasteiger charge is -2.07. The molecule has 0 radical (unpaired) electrons. The van der Waals surface area contributed by atoms with Crippen LogP contribution >= 0.6 is 35.1 Å². The van der Waals surface area contributed by atoms with Crippen LogP contribution < -0.4 is 5.73 Å². The van der Waals surface area contributed by atoms with Crippen LogP contribution in [-0.4, -0.2) is 33.0 Å². The van der Waals surface area contributed by atoms with E-state index in [0.717, 1.165) is 15.1 Å². The molecule has 3 N–H and O–H groups in total. The van der Waals surface area contributed by atoms with Gasteiger partial charge in [-0.2, -0.15) is 0 Å². The average molecular weight is 410 g/mol. The molecule has 1 aromatic heterocycles. The van der Waals surface area contributed by atoms with Crippen LogP contribution in [0, 0.1) is 0 Å². The molecule has 0 saturated carbocycles.